The van der Waals surface area contributed by atoms with E-state index in [1.807, 2.05) is 27.9 Å². The monoisotopic (exact) mass is 454 g/mol. The quantitative estimate of drug-likeness (QED) is 0.480. The lowest BCUT2D eigenvalue weighted by atomic mass is 9.96. The number of nitrogens with zero attached hydrogens (tertiary/aromatic N) is 3. The molecule has 0 amide bonds. The lowest BCUT2D eigenvalue weighted by molar-refractivity contribution is -0.137. The molecule has 3 aromatic rings. The van der Waals surface area contributed by atoms with Gasteiger partial charge in [0.15, 0.2) is 0 Å². The number of aryl methyl sites for hydroxylation is 1. The Morgan fingerprint density at radius 2 is 1.67 bits per heavy atom. The molecule has 1 aliphatic carbocycles. The van der Waals surface area contributed by atoms with Gasteiger partial charge in [-0.25, -0.2) is 4.68 Å². The first-order valence-electron chi connectivity index (χ1n) is 11.0. The number of alkyl halides is 3. The third kappa shape index (κ3) is 4.98. The number of allylic oxidation sites excluding steroid dienone is 1. The average Bonchev–Trinajstić information content (AvgIpc) is 3.35. The summed E-state index contributed by atoms with van der Waals surface area (Å²) in [5, 5.41) is 8.24. The summed E-state index contributed by atoms with van der Waals surface area (Å²) in [5.41, 5.74) is 5.40. The Hall–Kier alpha value is -3.06. The van der Waals surface area contributed by atoms with Gasteiger partial charge in [-0.05, 0) is 62.2 Å². The Morgan fingerprint density at radius 3 is 2.27 bits per heavy atom. The second kappa shape index (κ2) is 9.06. The molecule has 0 saturated carbocycles. The first-order chi connectivity index (χ1) is 15.6. The number of anilines is 1. The molecule has 174 valence electrons. The van der Waals surface area contributed by atoms with E-state index in [4.69, 9.17) is 0 Å². The van der Waals surface area contributed by atoms with Crippen molar-refractivity contribution < 1.29 is 13.2 Å². The fourth-order valence-corrected chi connectivity index (χ4v) is 4.46. The Bertz CT molecular complexity index is 1130. The SMILES string of the molecule is Cc1nn(-c2ccc(C(F)(F)F)cc2)c(C)c1[C@H]1C=C[C@@H](NCc2ccc(N(C)C)cc2)C1. The second-order valence-electron chi connectivity index (χ2n) is 8.82. The molecule has 0 spiro atoms. The summed E-state index contributed by atoms with van der Waals surface area (Å²) in [5.74, 6) is 0.224. The van der Waals surface area contributed by atoms with Crippen LogP contribution in [-0.4, -0.2) is 29.9 Å². The highest BCUT2D eigenvalue weighted by molar-refractivity contribution is 5.46. The van der Waals surface area contributed by atoms with Gasteiger partial charge in [-0.15, -0.1) is 0 Å². The molecule has 7 heteroatoms. The zero-order chi connectivity index (χ0) is 23.8. The molecule has 0 saturated heterocycles. The van der Waals surface area contributed by atoms with Crippen molar-refractivity contribution in [2.75, 3.05) is 19.0 Å². The molecule has 1 N–H and O–H groups in total. The first-order valence-corrected chi connectivity index (χ1v) is 11.0. The van der Waals surface area contributed by atoms with Crippen LogP contribution >= 0.6 is 0 Å². The lowest BCUT2D eigenvalue weighted by Crippen LogP contribution is -2.25. The Kier molecular flexibility index (Phi) is 6.34. The lowest BCUT2D eigenvalue weighted by Gasteiger charge is -2.16. The standard InChI is InChI=1S/C26H29F3N4/c1-17-25(18(2)33(31-17)24-13-8-21(9-14-24)26(27,28)29)20-7-10-22(15-20)30-16-19-5-11-23(12-6-19)32(3)4/h5-14,20,22,30H,15-16H2,1-4H3/t20-,22+/m0/s1. The van der Waals surface area contributed by atoms with E-state index in [-0.39, 0.29) is 12.0 Å². The maximum absolute atomic E-state index is 12.9. The summed E-state index contributed by atoms with van der Waals surface area (Å²) in [6, 6.07) is 13.9. The van der Waals surface area contributed by atoms with E-state index in [0.29, 0.717) is 5.69 Å². The summed E-state index contributed by atoms with van der Waals surface area (Å²) in [6.07, 6.45) is 0.994. The predicted molar refractivity (Wildman–Crippen MR) is 126 cm³/mol. The van der Waals surface area contributed by atoms with Gasteiger partial charge < -0.3 is 10.2 Å². The van der Waals surface area contributed by atoms with E-state index in [9.17, 15) is 13.2 Å². The van der Waals surface area contributed by atoms with Gasteiger partial charge in [-0.2, -0.15) is 18.3 Å². The summed E-state index contributed by atoms with van der Waals surface area (Å²) >= 11 is 0. The molecular formula is C26H29F3N4. The minimum Gasteiger partial charge on any atom is -0.378 e. The summed E-state index contributed by atoms with van der Waals surface area (Å²) < 4.78 is 40.4. The molecule has 1 aliphatic rings. The molecule has 4 nitrogen and oxygen atoms in total. The highest BCUT2D eigenvalue weighted by atomic mass is 19.4. The maximum atomic E-state index is 12.9. The predicted octanol–water partition coefficient (Wildman–Crippen LogP) is 5.78. The molecule has 33 heavy (non-hydrogen) atoms. The van der Waals surface area contributed by atoms with Crippen molar-refractivity contribution in [2.45, 2.75) is 44.9 Å². The topological polar surface area (TPSA) is 33.1 Å². The fraction of sp³-hybridized carbons (Fsp3) is 0.346. The van der Waals surface area contributed by atoms with Gasteiger partial charge in [0.05, 0.1) is 16.9 Å². The highest BCUT2D eigenvalue weighted by Gasteiger charge is 2.30. The van der Waals surface area contributed by atoms with Crippen molar-refractivity contribution in [3.63, 3.8) is 0 Å². The first kappa shape index (κ1) is 23.1. The van der Waals surface area contributed by atoms with Crippen LogP contribution in [0.2, 0.25) is 0 Å². The fourth-order valence-electron chi connectivity index (χ4n) is 4.46. The van der Waals surface area contributed by atoms with Crippen LogP contribution in [-0.2, 0) is 12.7 Å². The number of halogens is 3. The van der Waals surface area contributed by atoms with Gasteiger partial charge >= 0.3 is 6.18 Å². The molecule has 0 radical (unpaired) electrons. The zero-order valence-electron chi connectivity index (χ0n) is 19.3. The molecule has 0 bridgehead atoms. The number of nitrogens with one attached hydrogen (secondary N) is 1. The van der Waals surface area contributed by atoms with Crippen LogP contribution in [0.3, 0.4) is 0 Å². The van der Waals surface area contributed by atoms with Gasteiger partial charge in [-0.3, -0.25) is 0 Å². The third-order valence-electron chi connectivity index (χ3n) is 6.26. The van der Waals surface area contributed by atoms with E-state index in [1.54, 1.807) is 4.68 Å². The van der Waals surface area contributed by atoms with Crippen molar-refractivity contribution in [3.8, 4) is 5.69 Å². The van der Waals surface area contributed by atoms with E-state index < -0.39 is 11.7 Å². The smallest absolute Gasteiger partial charge is 0.378 e. The molecular weight excluding hydrogens is 425 g/mol. The molecule has 2 aromatic carbocycles. The number of benzene rings is 2. The van der Waals surface area contributed by atoms with Crippen LogP contribution in [0.4, 0.5) is 18.9 Å². The number of rotatable bonds is 6. The number of hydrogen-bond donors (Lipinski definition) is 1. The molecule has 2 atom stereocenters. The van der Waals surface area contributed by atoms with Crippen LogP contribution in [0, 0.1) is 13.8 Å². The molecule has 1 aromatic heterocycles. The van der Waals surface area contributed by atoms with Crippen LogP contribution in [0.25, 0.3) is 5.69 Å². The van der Waals surface area contributed by atoms with Crippen LogP contribution < -0.4 is 10.2 Å². The van der Waals surface area contributed by atoms with E-state index in [0.717, 1.165) is 42.0 Å². The average molecular weight is 455 g/mol. The summed E-state index contributed by atoms with van der Waals surface area (Å²) in [4.78, 5) is 2.08. The van der Waals surface area contributed by atoms with Crippen LogP contribution in [0.1, 0.15) is 40.4 Å². The molecule has 0 unspecified atom stereocenters. The minimum atomic E-state index is -4.34. The normalized spacial score (nSPS) is 18.2. The maximum Gasteiger partial charge on any atom is 0.416 e. The van der Waals surface area contributed by atoms with Gasteiger partial charge in [0.1, 0.15) is 0 Å². The van der Waals surface area contributed by atoms with Crippen LogP contribution in [0.5, 0.6) is 0 Å². The van der Waals surface area contributed by atoms with Crippen molar-refractivity contribution in [1.29, 1.82) is 0 Å². The number of aromatic nitrogens is 2. The van der Waals surface area contributed by atoms with E-state index >= 15 is 0 Å². The molecule has 4 rings (SSSR count). The molecule has 1 heterocycles. The van der Waals surface area contributed by atoms with Crippen molar-refractivity contribution in [3.05, 3.63) is 88.8 Å². The summed E-state index contributed by atoms with van der Waals surface area (Å²) in [6.45, 7) is 4.73. The van der Waals surface area contributed by atoms with Gasteiger partial charge in [0.2, 0.25) is 0 Å². The number of hydrogen-bond acceptors (Lipinski definition) is 3. The second-order valence-corrected chi connectivity index (χ2v) is 8.82. The largest absolute Gasteiger partial charge is 0.416 e. The van der Waals surface area contributed by atoms with Gasteiger partial charge in [-0.1, -0.05) is 24.3 Å². The molecule has 0 aliphatic heterocycles. The Balaban J connectivity index is 1.43. The third-order valence-corrected chi connectivity index (χ3v) is 6.26. The van der Waals surface area contributed by atoms with E-state index in [1.165, 1.54) is 23.4 Å². The van der Waals surface area contributed by atoms with Crippen LogP contribution in [0.15, 0.2) is 60.7 Å². The Labute approximate surface area is 192 Å². The zero-order valence-corrected chi connectivity index (χ0v) is 19.3. The van der Waals surface area contributed by atoms with Gasteiger partial charge in [0.25, 0.3) is 0 Å². The molecule has 0 fully saturated rings. The highest BCUT2D eigenvalue weighted by Crippen LogP contribution is 2.35. The van der Waals surface area contributed by atoms with Gasteiger partial charge in [0, 0.05) is 49.5 Å². The summed E-state index contributed by atoms with van der Waals surface area (Å²) in [7, 11) is 4.06. The van der Waals surface area contributed by atoms with Crippen molar-refractivity contribution in [1.82, 2.24) is 15.1 Å². The van der Waals surface area contributed by atoms with Crippen molar-refractivity contribution in [2.24, 2.45) is 0 Å². The van der Waals surface area contributed by atoms with Crippen molar-refractivity contribution >= 4 is 5.69 Å². The van der Waals surface area contributed by atoms with E-state index in [2.05, 4.69) is 51.7 Å². The Morgan fingerprint density at radius 1 is 1.00 bits per heavy atom. The minimum absolute atomic E-state index is 0.224.